The number of hydrogen-bond donors (Lipinski definition) is 1. The second-order valence-corrected chi connectivity index (χ2v) is 4.48. The first-order valence-electron chi connectivity index (χ1n) is 5.94. The lowest BCUT2D eigenvalue weighted by Gasteiger charge is -2.10. The van der Waals surface area contributed by atoms with Crippen LogP contribution in [0.2, 0.25) is 5.02 Å². The number of unbranched alkanes of at least 4 members (excludes halogenated alkanes) is 1. The van der Waals surface area contributed by atoms with Crippen LogP contribution in [0.15, 0.2) is 30.6 Å². The quantitative estimate of drug-likeness (QED) is 0.879. The Hall–Kier alpha value is -1.55. The molecule has 0 fully saturated rings. The van der Waals surface area contributed by atoms with Crippen LogP contribution in [0.3, 0.4) is 0 Å². The first-order chi connectivity index (χ1) is 8.70. The zero-order valence-electron chi connectivity index (χ0n) is 10.2. The molecule has 0 spiro atoms. The summed E-state index contributed by atoms with van der Waals surface area (Å²) in [7, 11) is 0. The highest BCUT2D eigenvalue weighted by Gasteiger charge is 2.07. The van der Waals surface area contributed by atoms with Crippen LogP contribution in [0.25, 0.3) is 0 Å². The third-order valence-corrected chi connectivity index (χ3v) is 2.88. The molecule has 0 atom stereocenters. The molecule has 0 bridgehead atoms. The number of aromatic nitrogens is 2. The topological polar surface area (TPSA) is 29.9 Å². The monoisotopic (exact) mass is 267 g/mol. The number of benzene rings is 1. The molecule has 0 amide bonds. The average molecular weight is 268 g/mol. The molecule has 0 radical (unpaired) electrons. The molecule has 1 aromatic carbocycles. The van der Waals surface area contributed by atoms with Crippen LogP contribution in [0, 0.1) is 5.82 Å². The lowest BCUT2D eigenvalue weighted by Crippen LogP contribution is -2.04. The molecular formula is C13H15ClFN3. The van der Waals surface area contributed by atoms with Crippen molar-refractivity contribution in [2.24, 2.45) is 0 Å². The molecule has 5 heteroatoms. The third-order valence-electron chi connectivity index (χ3n) is 2.64. The molecule has 3 nitrogen and oxygen atoms in total. The van der Waals surface area contributed by atoms with E-state index in [0.717, 1.165) is 19.4 Å². The van der Waals surface area contributed by atoms with Gasteiger partial charge in [0.2, 0.25) is 5.95 Å². The molecule has 0 saturated heterocycles. The molecular weight excluding hydrogens is 253 g/mol. The normalized spacial score (nSPS) is 10.6. The highest BCUT2D eigenvalue weighted by Crippen LogP contribution is 2.22. The number of aryl methyl sites for hydroxylation is 1. The maximum Gasteiger partial charge on any atom is 0.207 e. The molecule has 2 rings (SSSR count). The fraction of sp³-hybridized carbons (Fsp3) is 0.308. The largest absolute Gasteiger partial charge is 0.323 e. The maximum absolute atomic E-state index is 13.6. The van der Waals surface area contributed by atoms with Gasteiger partial charge in [-0.1, -0.05) is 24.9 Å². The van der Waals surface area contributed by atoms with Gasteiger partial charge in [0.25, 0.3) is 0 Å². The van der Waals surface area contributed by atoms with Crippen LogP contribution in [-0.4, -0.2) is 9.55 Å². The number of imidazole rings is 1. The van der Waals surface area contributed by atoms with Crippen molar-refractivity contribution in [1.29, 1.82) is 0 Å². The average Bonchev–Trinajstić information content (AvgIpc) is 2.79. The molecule has 0 aliphatic heterocycles. The highest BCUT2D eigenvalue weighted by atomic mass is 35.5. The minimum absolute atomic E-state index is 0.339. The van der Waals surface area contributed by atoms with E-state index in [9.17, 15) is 4.39 Å². The summed E-state index contributed by atoms with van der Waals surface area (Å²) < 4.78 is 15.5. The SMILES string of the molecule is CCCCn1ccnc1Nc1cc(Cl)ccc1F. The van der Waals surface area contributed by atoms with Gasteiger partial charge in [0.1, 0.15) is 5.82 Å². The minimum atomic E-state index is -0.343. The van der Waals surface area contributed by atoms with Crippen LogP contribution < -0.4 is 5.32 Å². The molecule has 0 unspecified atom stereocenters. The van der Waals surface area contributed by atoms with E-state index in [4.69, 9.17) is 11.6 Å². The number of hydrogen-bond acceptors (Lipinski definition) is 2. The van der Waals surface area contributed by atoms with E-state index in [-0.39, 0.29) is 5.82 Å². The summed E-state index contributed by atoms with van der Waals surface area (Å²) in [6, 6.07) is 4.41. The van der Waals surface area contributed by atoms with Gasteiger partial charge in [-0.25, -0.2) is 9.37 Å². The fourth-order valence-electron chi connectivity index (χ4n) is 1.66. The van der Waals surface area contributed by atoms with E-state index in [1.165, 1.54) is 12.1 Å². The van der Waals surface area contributed by atoms with Crippen molar-refractivity contribution in [3.8, 4) is 0 Å². The lowest BCUT2D eigenvalue weighted by atomic mass is 10.3. The Morgan fingerprint density at radius 2 is 2.28 bits per heavy atom. The molecule has 96 valence electrons. The standard InChI is InChI=1S/C13H15ClFN3/c1-2-3-7-18-8-6-16-13(18)17-12-9-10(14)4-5-11(12)15/h4-6,8-9H,2-3,7H2,1H3,(H,16,17). The second kappa shape index (κ2) is 5.87. The van der Waals surface area contributed by atoms with Crippen molar-refractivity contribution in [3.63, 3.8) is 0 Å². The summed E-state index contributed by atoms with van der Waals surface area (Å²) in [4.78, 5) is 4.18. The molecule has 1 aromatic heterocycles. The summed E-state index contributed by atoms with van der Waals surface area (Å²) in [6.45, 7) is 2.99. The summed E-state index contributed by atoms with van der Waals surface area (Å²) in [6.07, 6.45) is 5.73. The number of rotatable bonds is 5. The van der Waals surface area contributed by atoms with E-state index in [1.54, 1.807) is 12.3 Å². The number of anilines is 2. The maximum atomic E-state index is 13.6. The number of halogens is 2. The lowest BCUT2D eigenvalue weighted by molar-refractivity contribution is 0.626. The summed E-state index contributed by atoms with van der Waals surface area (Å²) in [5.41, 5.74) is 0.339. The molecule has 0 aliphatic carbocycles. The zero-order chi connectivity index (χ0) is 13.0. The third kappa shape index (κ3) is 3.01. The number of nitrogens with zero attached hydrogens (tertiary/aromatic N) is 2. The van der Waals surface area contributed by atoms with Gasteiger partial charge in [0.15, 0.2) is 0 Å². The molecule has 1 N–H and O–H groups in total. The first kappa shape index (κ1) is 12.9. The fourth-order valence-corrected chi connectivity index (χ4v) is 1.83. The van der Waals surface area contributed by atoms with Gasteiger partial charge in [-0.3, -0.25) is 0 Å². The zero-order valence-corrected chi connectivity index (χ0v) is 10.9. The number of nitrogens with one attached hydrogen (secondary N) is 1. The van der Waals surface area contributed by atoms with Gasteiger partial charge < -0.3 is 9.88 Å². The summed E-state index contributed by atoms with van der Waals surface area (Å²) >= 11 is 5.85. The van der Waals surface area contributed by atoms with E-state index >= 15 is 0 Å². The van der Waals surface area contributed by atoms with Crippen molar-refractivity contribution < 1.29 is 4.39 Å². The van der Waals surface area contributed by atoms with E-state index in [2.05, 4.69) is 17.2 Å². The van der Waals surface area contributed by atoms with E-state index in [0.29, 0.717) is 16.7 Å². The highest BCUT2D eigenvalue weighted by molar-refractivity contribution is 6.30. The molecule has 0 aliphatic rings. The predicted molar refractivity (Wildman–Crippen MR) is 71.8 cm³/mol. The van der Waals surface area contributed by atoms with Gasteiger partial charge in [0.05, 0.1) is 5.69 Å². The summed E-state index contributed by atoms with van der Waals surface area (Å²) in [5, 5.41) is 3.45. The van der Waals surface area contributed by atoms with Crippen LogP contribution in [0.4, 0.5) is 16.0 Å². The van der Waals surface area contributed by atoms with Crippen LogP contribution in [0.5, 0.6) is 0 Å². The Kier molecular flexibility index (Phi) is 4.20. The molecule has 0 saturated carbocycles. The van der Waals surface area contributed by atoms with Gasteiger partial charge in [0, 0.05) is 24.0 Å². The van der Waals surface area contributed by atoms with Crippen LogP contribution >= 0.6 is 11.6 Å². The van der Waals surface area contributed by atoms with Crippen molar-refractivity contribution in [1.82, 2.24) is 9.55 Å². The minimum Gasteiger partial charge on any atom is -0.323 e. The van der Waals surface area contributed by atoms with Crippen molar-refractivity contribution >= 4 is 23.2 Å². The van der Waals surface area contributed by atoms with Crippen LogP contribution in [0.1, 0.15) is 19.8 Å². The molecule has 2 aromatic rings. The van der Waals surface area contributed by atoms with Gasteiger partial charge >= 0.3 is 0 Å². The smallest absolute Gasteiger partial charge is 0.207 e. The Balaban J connectivity index is 2.18. The van der Waals surface area contributed by atoms with Gasteiger partial charge in [-0.05, 0) is 24.6 Å². The molecule has 1 heterocycles. The second-order valence-electron chi connectivity index (χ2n) is 4.05. The van der Waals surface area contributed by atoms with Crippen molar-refractivity contribution in [2.45, 2.75) is 26.3 Å². The van der Waals surface area contributed by atoms with Gasteiger partial charge in [-0.15, -0.1) is 0 Å². The predicted octanol–water partition coefficient (Wildman–Crippen LogP) is 4.22. The Morgan fingerprint density at radius 1 is 1.44 bits per heavy atom. The first-order valence-corrected chi connectivity index (χ1v) is 6.31. The van der Waals surface area contributed by atoms with Crippen LogP contribution in [-0.2, 0) is 6.54 Å². The van der Waals surface area contributed by atoms with Crippen molar-refractivity contribution in [3.05, 3.63) is 41.4 Å². The Labute approximate surface area is 111 Å². The van der Waals surface area contributed by atoms with Gasteiger partial charge in [-0.2, -0.15) is 0 Å². The molecule has 18 heavy (non-hydrogen) atoms. The Bertz CT molecular complexity index is 525. The van der Waals surface area contributed by atoms with E-state index in [1.807, 2.05) is 10.8 Å². The van der Waals surface area contributed by atoms with Crippen molar-refractivity contribution in [2.75, 3.05) is 5.32 Å². The Morgan fingerprint density at radius 3 is 3.06 bits per heavy atom. The van der Waals surface area contributed by atoms with E-state index < -0.39 is 0 Å². The summed E-state index contributed by atoms with van der Waals surface area (Å²) in [5.74, 6) is 0.286.